The van der Waals surface area contributed by atoms with E-state index in [9.17, 15) is 19.8 Å². The van der Waals surface area contributed by atoms with Crippen molar-refractivity contribution in [2.45, 2.75) is 25.6 Å². The van der Waals surface area contributed by atoms with Crippen LogP contribution in [0.4, 0.5) is 0 Å². The number of aliphatic hydroxyl groups is 2. The summed E-state index contributed by atoms with van der Waals surface area (Å²) in [4.78, 5) is 21.7. The molecule has 0 heterocycles. The summed E-state index contributed by atoms with van der Waals surface area (Å²) in [6.07, 6.45) is -2.57. The molecule has 1 aliphatic rings. The first-order valence-electron chi connectivity index (χ1n) is 4.68. The van der Waals surface area contributed by atoms with Crippen LogP contribution in [0.15, 0.2) is 0 Å². The van der Waals surface area contributed by atoms with Gasteiger partial charge in [-0.3, -0.25) is 9.59 Å². The van der Waals surface area contributed by atoms with Gasteiger partial charge in [0.25, 0.3) is 0 Å². The van der Waals surface area contributed by atoms with Crippen LogP contribution in [0.5, 0.6) is 0 Å². The van der Waals surface area contributed by atoms with Crippen molar-refractivity contribution in [1.82, 2.24) is 0 Å². The monoisotopic (exact) mass is 218 g/mol. The zero-order chi connectivity index (χ0) is 11.7. The Balaban J connectivity index is 2.96. The van der Waals surface area contributed by atoms with Crippen molar-refractivity contribution in [2.24, 2.45) is 17.8 Å². The number of aliphatic hydroxyl groups excluding tert-OH is 2. The standard InChI is InChI=1S/C9H14O6/c1-3-6(9(14)15)4(8(12)13)2-5(10)7(3)11/h3-7,10-11H,2H2,1H3,(H,12,13)(H,14,15). The average Bonchev–Trinajstić information content (AvgIpc) is 2.12. The third kappa shape index (κ3) is 2.10. The summed E-state index contributed by atoms with van der Waals surface area (Å²) in [5.74, 6) is -5.56. The van der Waals surface area contributed by atoms with Gasteiger partial charge in [-0.25, -0.2) is 0 Å². The summed E-state index contributed by atoms with van der Waals surface area (Å²) < 4.78 is 0. The Hall–Kier alpha value is -1.14. The van der Waals surface area contributed by atoms with Crippen molar-refractivity contribution < 1.29 is 30.0 Å². The second-order valence-electron chi connectivity index (χ2n) is 3.96. The molecular formula is C9H14O6. The maximum atomic E-state index is 10.9. The van der Waals surface area contributed by atoms with Crippen molar-refractivity contribution in [3.8, 4) is 0 Å². The summed E-state index contributed by atoms with van der Waals surface area (Å²) in [7, 11) is 0. The van der Waals surface area contributed by atoms with Gasteiger partial charge in [-0.15, -0.1) is 0 Å². The van der Waals surface area contributed by atoms with Gasteiger partial charge in [0.15, 0.2) is 0 Å². The number of rotatable bonds is 2. The minimum Gasteiger partial charge on any atom is -0.481 e. The van der Waals surface area contributed by atoms with E-state index in [4.69, 9.17) is 10.2 Å². The van der Waals surface area contributed by atoms with E-state index in [0.29, 0.717) is 0 Å². The molecule has 0 aromatic rings. The summed E-state index contributed by atoms with van der Waals surface area (Å²) in [6, 6.07) is 0. The zero-order valence-corrected chi connectivity index (χ0v) is 8.20. The molecule has 0 spiro atoms. The highest BCUT2D eigenvalue weighted by molar-refractivity contribution is 5.80. The molecule has 1 saturated carbocycles. The van der Waals surface area contributed by atoms with Crippen molar-refractivity contribution in [3.05, 3.63) is 0 Å². The van der Waals surface area contributed by atoms with Crippen LogP contribution < -0.4 is 0 Å². The topological polar surface area (TPSA) is 115 Å². The van der Waals surface area contributed by atoms with Crippen LogP contribution in [-0.4, -0.2) is 44.6 Å². The summed E-state index contributed by atoms with van der Waals surface area (Å²) in [5, 5.41) is 36.5. The van der Waals surface area contributed by atoms with Gasteiger partial charge in [-0.2, -0.15) is 0 Å². The lowest BCUT2D eigenvalue weighted by Gasteiger charge is -2.37. The molecule has 0 aromatic carbocycles. The van der Waals surface area contributed by atoms with Gasteiger partial charge in [0, 0.05) is 0 Å². The Kier molecular flexibility index (Phi) is 3.31. The second-order valence-corrected chi connectivity index (χ2v) is 3.96. The Morgan fingerprint density at radius 1 is 1.13 bits per heavy atom. The SMILES string of the molecule is CC1C(O)C(O)CC(C(=O)O)C1C(=O)O. The van der Waals surface area contributed by atoms with E-state index >= 15 is 0 Å². The summed E-state index contributed by atoms with van der Waals surface area (Å²) in [6.45, 7) is 1.43. The molecule has 1 aliphatic carbocycles. The second kappa shape index (κ2) is 4.16. The average molecular weight is 218 g/mol. The molecule has 0 aromatic heterocycles. The molecule has 1 fully saturated rings. The predicted molar refractivity (Wildman–Crippen MR) is 48.0 cm³/mol. The molecule has 15 heavy (non-hydrogen) atoms. The van der Waals surface area contributed by atoms with Crippen molar-refractivity contribution in [2.75, 3.05) is 0 Å². The largest absolute Gasteiger partial charge is 0.481 e. The van der Waals surface area contributed by atoms with Crippen LogP contribution in [0.2, 0.25) is 0 Å². The van der Waals surface area contributed by atoms with E-state index in [2.05, 4.69) is 0 Å². The third-order valence-corrected chi connectivity index (χ3v) is 3.03. The quantitative estimate of drug-likeness (QED) is 0.480. The molecule has 0 radical (unpaired) electrons. The molecule has 6 nitrogen and oxygen atoms in total. The minimum atomic E-state index is -1.25. The molecule has 5 unspecified atom stereocenters. The Morgan fingerprint density at radius 2 is 1.67 bits per heavy atom. The van der Waals surface area contributed by atoms with Crippen LogP contribution >= 0.6 is 0 Å². The highest BCUT2D eigenvalue weighted by atomic mass is 16.4. The lowest BCUT2D eigenvalue weighted by Crippen LogP contribution is -2.50. The van der Waals surface area contributed by atoms with Crippen LogP contribution in [0.25, 0.3) is 0 Å². The number of aliphatic carboxylic acids is 2. The van der Waals surface area contributed by atoms with E-state index in [1.54, 1.807) is 0 Å². The highest BCUT2D eigenvalue weighted by Crippen LogP contribution is 2.35. The van der Waals surface area contributed by atoms with Gasteiger partial charge in [0.1, 0.15) is 0 Å². The fourth-order valence-electron chi connectivity index (χ4n) is 2.13. The summed E-state index contributed by atoms with van der Waals surface area (Å²) in [5.41, 5.74) is 0. The Labute approximate surface area is 86.2 Å². The van der Waals surface area contributed by atoms with Crippen molar-refractivity contribution >= 4 is 11.9 Å². The first kappa shape index (κ1) is 11.9. The van der Waals surface area contributed by atoms with Crippen LogP contribution in [0.3, 0.4) is 0 Å². The number of hydrogen-bond donors (Lipinski definition) is 4. The molecule has 86 valence electrons. The molecule has 0 amide bonds. The van der Waals surface area contributed by atoms with Gasteiger partial charge < -0.3 is 20.4 Å². The number of carbonyl (C=O) groups is 2. The van der Waals surface area contributed by atoms with Gasteiger partial charge in [-0.1, -0.05) is 6.92 Å². The van der Waals surface area contributed by atoms with Crippen molar-refractivity contribution in [3.63, 3.8) is 0 Å². The Bertz CT molecular complexity index is 276. The molecular weight excluding hydrogens is 204 g/mol. The minimum absolute atomic E-state index is 0.224. The maximum Gasteiger partial charge on any atom is 0.307 e. The molecule has 0 bridgehead atoms. The number of carboxylic acid groups (broad SMARTS) is 2. The Morgan fingerprint density at radius 3 is 2.07 bits per heavy atom. The summed E-state index contributed by atoms with van der Waals surface area (Å²) >= 11 is 0. The van der Waals surface area contributed by atoms with Crippen LogP contribution in [0.1, 0.15) is 13.3 Å². The van der Waals surface area contributed by atoms with Gasteiger partial charge in [0.2, 0.25) is 0 Å². The normalized spacial score (nSPS) is 41.1. The highest BCUT2D eigenvalue weighted by Gasteiger charge is 2.47. The van der Waals surface area contributed by atoms with Crippen molar-refractivity contribution in [1.29, 1.82) is 0 Å². The molecule has 5 atom stereocenters. The zero-order valence-electron chi connectivity index (χ0n) is 8.20. The smallest absolute Gasteiger partial charge is 0.307 e. The predicted octanol–water partition coefficient (Wildman–Crippen LogP) is -0.850. The van der Waals surface area contributed by atoms with Gasteiger partial charge >= 0.3 is 11.9 Å². The van der Waals surface area contributed by atoms with Crippen LogP contribution in [0, 0.1) is 17.8 Å². The molecule has 0 saturated heterocycles. The first-order valence-corrected chi connectivity index (χ1v) is 4.68. The van der Waals surface area contributed by atoms with E-state index < -0.39 is 41.9 Å². The number of carboxylic acids is 2. The third-order valence-electron chi connectivity index (χ3n) is 3.03. The molecule has 1 rings (SSSR count). The van der Waals surface area contributed by atoms with Crippen LogP contribution in [-0.2, 0) is 9.59 Å². The van der Waals surface area contributed by atoms with E-state index in [0.717, 1.165) is 0 Å². The van der Waals surface area contributed by atoms with Gasteiger partial charge in [-0.05, 0) is 12.3 Å². The lowest BCUT2D eigenvalue weighted by atomic mass is 9.70. The van der Waals surface area contributed by atoms with Gasteiger partial charge in [0.05, 0.1) is 24.0 Å². The fraction of sp³-hybridized carbons (Fsp3) is 0.778. The van der Waals surface area contributed by atoms with E-state index in [1.807, 2.05) is 0 Å². The van der Waals surface area contributed by atoms with E-state index in [1.165, 1.54) is 6.92 Å². The number of hydrogen-bond acceptors (Lipinski definition) is 4. The molecule has 0 aliphatic heterocycles. The van der Waals surface area contributed by atoms with E-state index in [-0.39, 0.29) is 6.42 Å². The first-order chi connectivity index (χ1) is 6.86. The lowest BCUT2D eigenvalue weighted by molar-refractivity contribution is -0.169. The molecule has 4 N–H and O–H groups in total. The maximum absolute atomic E-state index is 10.9. The molecule has 6 heteroatoms. The fourth-order valence-corrected chi connectivity index (χ4v) is 2.13.